The highest BCUT2D eigenvalue weighted by Crippen LogP contribution is 2.15. The number of unbranched alkanes of at least 4 members (excludes halogenated alkanes) is 5. The number of aryl methyl sites for hydroxylation is 1. The van der Waals surface area contributed by atoms with E-state index in [1.165, 1.54) is 0 Å². The van der Waals surface area contributed by atoms with Gasteiger partial charge < -0.3 is 56.8 Å². The van der Waals surface area contributed by atoms with Crippen molar-refractivity contribution in [1.82, 2.24) is 31.5 Å². The molecule has 0 aliphatic carbocycles. The van der Waals surface area contributed by atoms with E-state index in [2.05, 4.69) is 97.0 Å². The maximum absolute atomic E-state index is 12.5. The lowest BCUT2D eigenvalue weighted by molar-refractivity contribution is -0.697. The Morgan fingerprint density at radius 1 is 0.591 bits per heavy atom. The van der Waals surface area contributed by atoms with Crippen LogP contribution in [0.2, 0.25) is 0 Å². The molecule has 9 N–H and O–H groups in total. The van der Waals surface area contributed by atoms with Gasteiger partial charge in [-0.3, -0.25) is 14.4 Å². The molecule has 0 aliphatic heterocycles. The number of benzene rings is 1. The van der Waals surface area contributed by atoms with Crippen LogP contribution < -0.4 is 36.1 Å². The summed E-state index contributed by atoms with van der Waals surface area (Å²) in [6.45, 7) is 2.38. The number of aliphatic carboxylic acids is 4. The molecule has 1 heterocycles. The number of hydrogen-bond donors (Lipinski definition) is 9. The molecular weight excluding hydrogens is 873 g/mol. The number of nitrogens with one attached hydrogen (secondary N) is 5. The van der Waals surface area contributed by atoms with Gasteiger partial charge in [0.15, 0.2) is 17.5 Å². The minimum absolute atomic E-state index is 0.0228. The third-order valence-electron chi connectivity index (χ3n) is 10.6. The average Bonchev–Trinajstić information content (AvgIpc) is 3.27. The van der Waals surface area contributed by atoms with Crippen LogP contribution in [0.1, 0.15) is 107 Å². The maximum Gasteiger partial charge on any atom is 0.326 e. The highest BCUT2D eigenvalue weighted by Gasteiger charge is 2.30. The lowest BCUT2D eigenvalue weighted by Gasteiger charge is -2.26. The fraction of sp³-hybridized carbons (Fsp3) is 0.543. The van der Waals surface area contributed by atoms with Crippen molar-refractivity contribution in [2.75, 3.05) is 45.7 Å². The molecule has 2 aromatic rings. The molecule has 0 radical (unpaired) electrons. The van der Waals surface area contributed by atoms with Crippen molar-refractivity contribution in [3.05, 3.63) is 59.9 Å². The van der Waals surface area contributed by atoms with E-state index in [0.717, 1.165) is 41.7 Å². The number of nitrogens with zero attached hydrogens (tertiary/aromatic N) is 3. The van der Waals surface area contributed by atoms with E-state index in [1.54, 1.807) is 0 Å². The molecule has 0 aliphatic rings. The monoisotopic (exact) mass is 941 g/mol. The largest absolute Gasteiger partial charge is 0.481 e. The normalized spacial score (nSPS) is 12.3. The standard InChI is InChI=1S/C46H68N8O11S/c1-52(2)35-21-19-33(20-22-35)17-18-34-25-31-54(32-26-34)30-12-29-49-45(66)48-28-11-9-13-36(42(59)60)50-40(56)16-7-5-4-6-15-39(55)47-27-10-8-14-37(43(61)62)51-46(65)53(3)38(44(63)64)23-24-41(57)58/h17-22,25-26,31-32,36-38H,4-16,23-24,27-30H2,1-3H3,(H8-,47,48,49,50,51,55,56,57,58,59,60,61,62,63,64,65,66)/p+1/t36?,37-,38?/m0/s1. The number of pyridine rings is 1. The second-order valence-electron chi connectivity index (χ2n) is 16.2. The third kappa shape index (κ3) is 24.1. The van der Waals surface area contributed by atoms with E-state index in [1.807, 2.05) is 14.1 Å². The zero-order valence-electron chi connectivity index (χ0n) is 38.3. The molecule has 2 rings (SSSR count). The van der Waals surface area contributed by atoms with Gasteiger partial charge in [0.1, 0.15) is 24.7 Å². The van der Waals surface area contributed by atoms with Crippen LogP contribution in [-0.2, 0) is 35.3 Å². The van der Waals surface area contributed by atoms with Crippen molar-refractivity contribution in [3.8, 4) is 0 Å². The first kappa shape index (κ1) is 55.8. The van der Waals surface area contributed by atoms with Gasteiger partial charge in [-0.05, 0) is 93.3 Å². The number of anilines is 1. The fourth-order valence-electron chi connectivity index (χ4n) is 6.64. The molecule has 0 fully saturated rings. The van der Waals surface area contributed by atoms with Crippen molar-refractivity contribution >= 4 is 76.9 Å². The van der Waals surface area contributed by atoms with Gasteiger partial charge in [0.05, 0.1) is 0 Å². The number of carbonyl (C=O) groups is 7. The maximum atomic E-state index is 12.5. The minimum Gasteiger partial charge on any atom is -0.481 e. The number of carboxylic acids is 4. The number of carbonyl (C=O) groups excluding carboxylic acids is 3. The van der Waals surface area contributed by atoms with Gasteiger partial charge in [0.2, 0.25) is 11.8 Å². The van der Waals surface area contributed by atoms with Crippen molar-refractivity contribution in [2.24, 2.45) is 0 Å². The first-order valence-corrected chi connectivity index (χ1v) is 22.8. The number of amides is 4. The second kappa shape index (κ2) is 31.5. The lowest BCUT2D eigenvalue weighted by Crippen LogP contribution is -2.52. The van der Waals surface area contributed by atoms with Gasteiger partial charge in [0, 0.05) is 84.3 Å². The Kier molecular flexibility index (Phi) is 26.7. The van der Waals surface area contributed by atoms with Crippen LogP contribution in [0.4, 0.5) is 10.5 Å². The zero-order chi connectivity index (χ0) is 48.9. The highest BCUT2D eigenvalue weighted by atomic mass is 32.1. The molecule has 0 saturated heterocycles. The minimum atomic E-state index is -1.45. The number of urea groups is 1. The predicted molar refractivity (Wildman–Crippen MR) is 254 cm³/mol. The molecule has 3 atom stereocenters. The molecule has 1 aromatic carbocycles. The summed E-state index contributed by atoms with van der Waals surface area (Å²) >= 11 is 5.39. The van der Waals surface area contributed by atoms with Gasteiger partial charge in [0.25, 0.3) is 0 Å². The van der Waals surface area contributed by atoms with Gasteiger partial charge in [-0.2, -0.15) is 0 Å². The highest BCUT2D eigenvalue weighted by molar-refractivity contribution is 7.80. The third-order valence-corrected chi connectivity index (χ3v) is 10.9. The Morgan fingerprint density at radius 3 is 1.64 bits per heavy atom. The summed E-state index contributed by atoms with van der Waals surface area (Å²) < 4.78 is 2.12. The average molecular weight is 942 g/mol. The van der Waals surface area contributed by atoms with Crippen LogP contribution in [-0.4, -0.2) is 131 Å². The lowest BCUT2D eigenvalue weighted by atomic mass is 10.1. The molecule has 0 saturated carbocycles. The summed E-state index contributed by atoms with van der Waals surface area (Å²) in [5, 5.41) is 51.9. The molecule has 0 spiro atoms. The fourth-order valence-corrected chi connectivity index (χ4v) is 6.84. The number of aromatic nitrogens is 1. The second-order valence-corrected chi connectivity index (χ2v) is 16.6. The van der Waals surface area contributed by atoms with Crippen molar-refractivity contribution in [3.63, 3.8) is 0 Å². The number of carboxylic acid groups (broad SMARTS) is 4. The van der Waals surface area contributed by atoms with E-state index in [9.17, 15) is 48.9 Å². The van der Waals surface area contributed by atoms with Gasteiger partial charge in [-0.25, -0.2) is 23.7 Å². The van der Waals surface area contributed by atoms with E-state index >= 15 is 0 Å². The summed E-state index contributed by atoms with van der Waals surface area (Å²) in [6, 6.07) is 7.83. The van der Waals surface area contributed by atoms with Crippen LogP contribution in [0.5, 0.6) is 0 Å². The summed E-state index contributed by atoms with van der Waals surface area (Å²) in [4.78, 5) is 85.8. The SMILES string of the molecule is CN(C)c1ccc(/C=C/c2cc[n+](CCCNC(=S)NCCCCC(NC(=O)CCCCCCC(=O)NCCCC[C@H](NC(=O)N(C)C(CCC(=O)O)C(=O)O)C(=O)O)C(=O)O)cc2)cc1. The van der Waals surface area contributed by atoms with Crippen molar-refractivity contribution in [1.29, 1.82) is 0 Å². The summed E-state index contributed by atoms with van der Waals surface area (Å²) in [5.41, 5.74) is 3.42. The van der Waals surface area contributed by atoms with Gasteiger partial charge >= 0.3 is 29.9 Å². The predicted octanol–water partition coefficient (Wildman–Crippen LogP) is 3.84. The van der Waals surface area contributed by atoms with Gasteiger partial charge in [-0.1, -0.05) is 37.1 Å². The number of thiocarbonyl (C=S) groups is 1. The molecule has 4 amide bonds. The topological polar surface area (TPSA) is 271 Å². The van der Waals surface area contributed by atoms with E-state index in [-0.39, 0.29) is 50.5 Å². The molecule has 2 unspecified atom stereocenters. The number of likely N-dealkylation sites (N-methyl/N-ethyl adjacent to an activating group) is 1. The molecule has 20 heteroatoms. The first-order chi connectivity index (χ1) is 31.5. The molecule has 1 aromatic heterocycles. The van der Waals surface area contributed by atoms with Crippen LogP contribution in [0.15, 0.2) is 48.8 Å². The molecule has 364 valence electrons. The van der Waals surface area contributed by atoms with Crippen LogP contribution in [0, 0.1) is 0 Å². The molecule has 19 nitrogen and oxygen atoms in total. The first-order valence-electron chi connectivity index (χ1n) is 22.4. The van der Waals surface area contributed by atoms with Crippen molar-refractivity contribution in [2.45, 2.75) is 121 Å². The van der Waals surface area contributed by atoms with E-state index in [4.69, 9.17) is 17.3 Å². The summed E-state index contributed by atoms with van der Waals surface area (Å²) in [5.74, 6) is -5.58. The molecule has 0 bridgehead atoms. The Morgan fingerprint density at radius 2 is 1.11 bits per heavy atom. The quantitative estimate of drug-likeness (QED) is 0.0280. The zero-order valence-corrected chi connectivity index (χ0v) is 39.2. The Hall–Kier alpha value is -6.31. The molecular formula is C46H69N8O11S+. The summed E-state index contributed by atoms with van der Waals surface area (Å²) in [6.07, 6.45) is 13.6. The number of hydrogen-bond acceptors (Lipinski definition) is 9. The smallest absolute Gasteiger partial charge is 0.326 e. The summed E-state index contributed by atoms with van der Waals surface area (Å²) in [7, 11) is 5.19. The Labute approximate surface area is 392 Å². The Balaban J connectivity index is 1.51. The van der Waals surface area contributed by atoms with Crippen LogP contribution >= 0.6 is 12.2 Å². The van der Waals surface area contributed by atoms with E-state index < -0.39 is 54.5 Å². The van der Waals surface area contributed by atoms with Gasteiger partial charge in [-0.15, -0.1) is 0 Å². The van der Waals surface area contributed by atoms with Crippen LogP contribution in [0.25, 0.3) is 12.2 Å². The number of rotatable bonds is 33. The van der Waals surface area contributed by atoms with E-state index in [0.29, 0.717) is 69.6 Å². The molecule has 66 heavy (non-hydrogen) atoms. The van der Waals surface area contributed by atoms with Crippen molar-refractivity contribution < 1.29 is 58.6 Å². The van der Waals surface area contributed by atoms with Crippen LogP contribution in [0.3, 0.4) is 0 Å². The Bertz CT molecular complexity index is 1900.